The normalized spacial score (nSPS) is 12.5. The molecule has 0 spiro atoms. The second kappa shape index (κ2) is 5.69. The minimum absolute atomic E-state index is 0.114. The predicted molar refractivity (Wildman–Crippen MR) is 79.0 cm³/mol. The van der Waals surface area contributed by atoms with Crippen molar-refractivity contribution in [3.8, 4) is 11.5 Å². The van der Waals surface area contributed by atoms with Crippen LogP contribution in [-0.4, -0.2) is 17.5 Å². The highest BCUT2D eigenvalue weighted by atomic mass is 16.7. The summed E-state index contributed by atoms with van der Waals surface area (Å²) in [5.74, 6) is 0.899. The Morgan fingerprint density at radius 2 is 2.00 bits per heavy atom. The lowest BCUT2D eigenvalue weighted by Gasteiger charge is -2.00. The number of carbonyl (C=O) groups excluding carboxylic acids is 1. The van der Waals surface area contributed by atoms with Gasteiger partial charge in [0.15, 0.2) is 17.3 Å². The Labute approximate surface area is 125 Å². The third-order valence-electron chi connectivity index (χ3n) is 3.18. The molecular weight excluding hydrogens is 286 g/mol. The van der Waals surface area contributed by atoms with Crippen molar-refractivity contribution in [2.24, 2.45) is 0 Å². The van der Waals surface area contributed by atoms with Gasteiger partial charge in [0.1, 0.15) is 0 Å². The molecule has 0 amide bonds. The van der Waals surface area contributed by atoms with E-state index < -0.39 is 4.92 Å². The molecule has 6 nitrogen and oxygen atoms in total. The first kappa shape index (κ1) is 13.8. The molecule has 0 radical (unpaired) electrons. The van der Waals surface area contributed by atoms with Crippen molar-refractivity contribution in [2.75, 3.05) is 6.79 Å². The van der Waals surface area contributed by atoms with Crippen LogP contribution in [0, 0.1) is 10.1 Å². The molecule has 0 atom stereocenters. The number of nitrogens with zero attached hydrogens (tertiary/aromatic N) is 1. The summed E-state index contributed by atoms with van der Waals surface area (Å²) in [5.41, 5.74) is 0.862. The van der Waals surface area contributed by atoms with Gasteiger partial charge < -0.3 is 9.47 Å². The van der Waals surface area contributed by atoms with E-state index in [0.717, 1.165) is 0 Å². The molecule has 110 valence electrons. The lowest BCUT2D eigenvalue weighted by molar-refractivity contribution is -0.384. The second-order valence-corrected chi connectivity index (χ2v) is 4.59. The van der Waals surface area contributed by atoms with Crippen molar-refractivity contribution in [1.82, 2.24) is 0 Å². The monoisotopic (exact) mass is 297 g/mol. The highest BCUT2D eigenvalue weighted by molar-refractivity contribution is 6.07. The number of carbonyl (C=O) groups is 1. The lowest BCUT2D eigenvalue weighted by Crippen LogP contribution is -1.96. The summed E-state index contributed by atoms with van der Waals surface area (Å²) >= 11 is 0. The number of ketones is 1. The molecule has 0 saturated carbocycles. The molecule has 0 unspecified atom stereocenters. The molecule has 1 aliphatic heterocycles. The van der Waals surface area contributed by atoms with Crippen LogP contribution < -0.4 is 9.47 Å². The van der Waals surface area contributed by atoms with Crippen LogP contribution in [0.2, 0.25) is 0 Å². The molecule has 1 aliphatic rings. The van der Waals surface area contributed by atoms with E-state index >= 15 is 0 Å². The van der Waals surface area contributed by atoms with Gasteiger partial charge in [0.25, 0.3) is 5.69 Å². The number of hydrogen-bond donors (Lipinski definition) is 0. The van der Waals surface area contributed by atoms with E-state index in [4.69, 9.17) is 9.47 Å². The molecule has 0 bridgehead atoms. The van der Waals surface area contributed by atoms with Crippen LogP contribution in [-0.2, 0) is 0 Å². The number of hydrogen-bond acceptors (Lipinski definition) is 5. The number of nitro benzene ring substituents is 1. The molecule has 6 heteroatoms. The van der Waals surface area contributed by atoms with Crippen molar-refractivity contribution >= 4 is 17.5 Å². The molecule has 0 aliphatic carbocycles. The van der Waals surface area contributed by atoms with Gasteiger partial charge in [0.2, 0.25) is 6.79 Å². The third-order valence-corrected chi connectivity index (χ3v) is 3.18. The highest BCUT2D eigenvalue weighted by Crippen LogP contribution is 2.35. The molecule has 2 aromatic carbocycles. The van der Waals surface area contributed by atoms with E-state index in [2.05, 4.69) is 0 Å². The van der Waals surface area contributed by atoms with Crippen LogP contribution >= 0.6 is 0 Å². The molecule has 3 rings (SSSR count). The maximum Gasteiger partial charge on any atom is 0.270 e. The van der Waals surface area contributed by atoms with Crippen LogP contribution in [0.15, 0.2) is 48.5 Å². The number of allylic oxidation sites excluding steroid dienone is 1. The zero-order valence-corrected chi connectivity index (χ0v) is 11.4. The summed E-state index contributed by atoms with van der Waals surface area (Å²) in [6.45, 7) is 0.152. The largest absolute Gasteiger partial charge is 0.454 e. The van der Waals surface area contributed by atoms with Gasteiger partial charge in [0, 0.05) is 23.3 Å². The Morgan fingerprint density at radius 1 is 1.18 bits per heavy atom. The fourth-order valence-corrected chi connectivity index (χ4v) is 2.12. The molecule has 0 N–H and O–H groups in total. The number of benzene rings is 2. The topological polar surface area (TPSA) is 78.7 Å². The van der Waals surface area contributed by atoms with Crippen LogP contribution in [0.5, 0.6) is 11.5 Å². The minimum atomic E-state index is -0.532. The smallest absolute Gasteiger partial charge is 0.270 e. The Bertz CT molecular complexity index is 782. The fraction of sp³-hybridized carbons (Fsp3) is 0.0625. The van der Waals surface area contributed by atoms with Crippen molar-refractivity contribution in [1.29, 1.82) is 0 Å². The zero-order chi connectivity index (χ0) is 15.5. The molecule has 0 aromatic heterocycles. The number of ether oxygens (including phenoxy) is 2. The van der Waals surface area contributed by atoms with Gasteiger partial charge in [-0.15, -0.1) is 0 Å². The standard InChI is InChI=1S/C16H11NO5/c18-14(12-4-1-5-13(9-12)17(19)20)8-7-11-3-2-6-15-16(11)22-10-21-15/h1-9H,10H2/b8-7+. The minimum Gasteiger partial charge on any atom is -0.454 e. The summed E-state index contributed by atoms with van der Waals surface area (Å²) < 4.78 is 10.6. The summed E-state index contributed by atoms with van der Waals surface area (Å²) in [7, 11) is 0. The maximum atomic E-state index is 12.1. The van der Waals surface area contributed by atoms with Crippen LogP contribution in [0.25, 0.3) is 6.08 Å². The number of nitro groups is 1. The average Bonchev–Trinajstić information content (AvgIpc) is 3.01. The Morgan fingerprint density at radius 3 is 2.82 bits per heavy atom. The van der Waals surface area contributed by atoms with Crippen LogP contribution in [0.3, 0.4) is 0 Å². The Kier molecular flexibility index (Phi) is 3.57. The molecule has 0 saturated heterocycles. The van der Waals surface area contributed by atoms with Gasteiger partial charge in [-0.2, -0.15) is 0 Å². The van der Waals surface area contributed by atoms with Gasteiger partial charge >= 0.3 is 0 Å². The van der Waals surface area contributed by atoms with Gasteiger partial charge in [-0.1, -0.05) is 24.3 Å². The summed E-state index contributed by atoms with van der Waals surface area (Å²) in [6, 6.07) is 11.0. The number of rotatable bonds is 4. The van der Waals surface area contributed by atoms with Crippen molar-refractivity contribution in [3.05, 3.63) is 69.8 Å². The zero-order valence-electron chi connectivity index (χ0n) is 11.4. The summed E-state index contributed by atoms with van der Waals surface area (Å²) in [5, 5.41) is 10.7. The van der Waals surface area contributed by atoms with Crippen molar-refractivity contribution < 1.29 is 19.2 Å². The van der Waals surface area contributed by atoms with Gasteiger partial charge in [0.05, 0.1) is 4.92 Å². The third kappa shape index (κ3) is 2.67. The fourth-order valence-electron chi connectivity index (χ4n) is 2.12. The average molecular weight is 297 g/mol. The molecule has 2 aromatic rings. The molecule has 1 heterocycles. The molecule has 22 heavy (non-hydrogen) atoms. The highest BCUT2D eigenvalue weighted by Gasteiger charge is 2.16. The predicted octanol–water partition coefficient (Wildman–Crippen LogP) is 3.22. The van der Waals surface area contributed by atoms with E-state index in [1.54, 1.807) is 24.3 Å². The van der Waals surface area contributed by atoms with E-state index in [9.17, 15) is 14.9 Å². The van der Waals surface area contributed by atoms with Crippen LogP contribution in [0.1, 0.15) is 15.9 Å². The van der Waals surface area contributed by atoms with E-state index in [1.165, 1.54) is 30.3 Å². The number of non-ortho nitro benzene ring substituents is 1. The lowest BCUT2D eigenvalue weighted by atomic mass is 10.1. The number of para-hydroxylation sites is 1. The van der Waals surface area contributed by atoms with Crippen molar-refractivity contribution in [2.45, 2.75) is 0 Å². The Hall–Kier alpha value is -3.15. The van der Waals surface area contributed by atoms with E-state index in [-0.39, 0.29) is 23.8 Å². The SMILES string of the molecule is O=C(/C=C/c1cccc2c1OCO2)c1cccc([N+](=O)[O-])c1. The van der Waals surface area contributed by atoms with E-state index in [1.807, 2.05) is 0 Å². The number of fused-ring (bicyclic) bond motifs is 1. The van der Waals surface area contributed by atoms with E-state index in [0.29, 0.717) is 17.1 Å². The van der Waals surface area contributed by atoms with Crippen LogP contribution in [0.4, 0.5) is 5.69 Å². The quantitative estimate of drug-likeness (QED) is 0.375. The molecule has 0 fully saturated rings. The summed E-state index contributed by atoms with van der Waals surface area (Å²) in [6.07, 6.45) is 2.96. The second-order valence-electron chi connectivity index (χ2n) is 4.59. The van der Waals surface area contributed by atoms with Crippen molar-refractivity contribution in [3.63, 3.8) is 0 Å². The van der Waals surface area contributed by atoms with Gasteiger partial charge in [-0.05, 0) is 18.2 Å². The maximum absolute atomic E-state index is 12.1. The first-order chi connectivity index (χ1) is 10.6. The van der Waals surface area contributed by atoms with Gasteiger partial charge in [-0.3, -0.25) is 14.9 Å². The Balaban J connectivity index is 1.84. The first-order valence-corrected chi connectivity index (χ1v) is 6.50. The van der Waals surface area contributed by atoms with Gasteiger partial charge in [-0.25, -0.2) is 0 Å². The summed E-state index contributed by atoms with van der Waals surface area (Å²) in [4.78, 5) is 22.3. The first-order valence-electron chi connectivity index (χ1n) is 6.50. The molecular formula is C16H11NO5.